The number of amides is 2. The van der Waals surface area contributed by atoms with Crippen LogP contribution in [-0.4, -0.2) is 69.9 Å². The molecule has 2 aliphatic rings. The van der Waals surface area contributed by atoms with E-state index < -0.39 is 0 Å². The zero-order chi connectivity index (χ0) is 35.0. The fraction of sp³-hybridized carbons (Fsp3) is 0.474. The number of aryl methyl sites for hydroxylation is 2. The summed E-state index contributed by atoms with van der Waals surface area (Å²) in [6, 6.07) is 13.3. The zero-order valence-electron chi connectivity index (χ0n) is 29.1. The van der Waals surface area contributed by atoms with Crippen molar-refractivity contribution in [1.82, 2.24) is 30.3 Å². The van der Waals surface area contributed by atoms with Gasteiger partial charge in [0.05, 0.1) is 17.3 Å². The Morgan fingerprint density at radius 3 is 2.50 bits per heavy atom. The molecule has 2 aliphatic heterocycles. The van der Waals surface area contributed by atoms with Gasteiger partial charge in [-0.1, -0.05) is 31.2 Å². The third-order valence-corrected chi connectivity index (χ3v) is 9.69. The number of aromatic nitrogens is 3. The summed E-state index contributed by atoms with van der Waals surface area (Å²) in [5, 5.41) is 15.1. The number of nitrogens with two attached hydrogens (primary N) is 1. The van der Waals surface area contributed by atoms with E-state index in [1.165, 1.54) is 6.07 Å². The van der Waals surface area contributed by atoms with Crippen LogP contribution in [0.1, 0.15) is 68.3 Å². The van der Waals surface area contributed by atoms with Gasteiger partial charge in [-0.2, -0.15) is 5.10 Å². The fourth-order valence-corrected chi connectivity index (χ4v) is 6.90. The van der Waals surface area contributed by atoms with Crippen molar-refractivity contribution >= 4 is 28.5 Å². The van der Waals surface area contributed by atoms with Crippen molar-refractivity contribution in [2.75, 3.05) is 31.6 Å². The van der Waals surface area contributed by atoms with Gasteiger partial charge in [0.25, 0.3) is 0 Å². The lowest BCUT2D eigenvalue weighted by molar-refractivity contribution is -0.126. The Morgan fingerprint density at radius 2 is 1.78 bits per heavy atom. The highest BCUT2D eigenvalue weighted by molar-refractivity contribution is 5.92. The molecule has 12 heteroatoms. The molecule has 2 amide bonds. The van der Waals surface area contributed by atoms with Gasteiger partial charge in [-0.3, -0.25) is 14.5 Å². The van der Waals surface area contributed by atoms with Gasteiger partial charge in [0, 0.05) is 94.2 Å². The van der Waals surface area contributed by atoms with Crippen LogP contribution in [0.25, 0.3) is 22.2 Å². The second kappa shape index (κ2) is 16.5. The van der Waals surface area contributed by atoms with Gasteiger partial charge in [0.1, 0.15) is 5.82 Å². The molecule has 0 unspecified atom stereocenters. The van der Waals surface area contributed by atoms with Crippen LogP contribution in [-0.2, 0) is 46.9 Å². The van der Waals surface area contributed by atoms with Crippen molar-refractivity contribution < 1.29 is 18.7 Å². The SMILES string of the molecule is CCc1nc2c(cnn2CC)c(NC2CCOCC2)c1CNC(=O)CCC(=O)NCc1ccc(F)c(-c2cccc(CN3CC[C@H](N)C3)c2)c1. The Bertz CT molecular complexity index is 1800. The molecule has 4 aromatic rings. The first-order chi connectivity index (χ1) is 24.3. The number of carbonyl (C=O) groups is 2. The maximum atomic E-state index is 15.0. The van der Waals surface area contributed by atoms with Gasteiger partial charge in [0.2, 0.25) is 11.8 Å². The minimum atomic E-state index is -0.317. The molecule has 0 spiro atoms. The maximum absolute atomic E-state index is 15.0. The molecule has 0 radical (unpaired) electrons. The van der Waals surface area contributed by atoms with Crippen LogP contribution in [0.5, 0.6) is 0 Å². The lowest BCUT2D eigenvalue weighted by atomic mass is 10.00. The van der Waals surface area contributed by atoms with Crippen LogP contribution >= 0.6 is 0 Å². The van der Waals surface area contributed by atoms with Crippen LogP contribution in [0, 0.1) is 5.82 Å². The highest BCUT2D eigenvalue weighted by Crippen LogP contribution is 2.31. The predicted molar refractivity (Wildman–Crippen MR) is 193 cm³/mol. The minimum absolute atomic E-state index is 0.0382. The summed E-state index contributed by atoms with van der Waals surface area (Å²) < 4.78 is 22.4. The number of pyridine rings is 1. The second-order valence-corrected chi connectivity index (χ2v) is 13.3. The standard InChI is InChI=1S/C38H49FN8O3/c1-3-34-31(37(44-29-13-16-50-17-14-29)32-22-43-47(4-2)38(32)45-34)21-42-36(49)11-10-35(48)41-20-25-8-9-33(39)30(19-25)27-7-5-6-26(18-27)23-46-15-12-28(40)24-46/h5-9,18-19,22,28-29H,3-4,10-17,20-21,23-24,40H2,1-2H3,(H,41,48)(H,42,49)(H,44,45)/t28-/m0/s1. The van der Waals surface area contributed by atoms with Gasteiger partial charge in [-0.05, 0) is 67.5 Å². The number of ether oxygens (including phenoxy) is 1. The molecule has 0 bridgehead atoms. The minimum Gasteiger partial charge on any atom is -0.381 e. The Kier molecular flexibility index (Phi) is 11.7. The van der Waals surface area contributed by atoms with E-state index in [-0.39, 0.29) is 49.1 Å². The predicted octanol–water partition coefficient (Wildman–Crippen LogP) is 4.66. The zero-order valence-corrected chi connectivity index (χ0v) is 29.1. The van der Waals surface area contributed by atoms with E-state index in [0.717, 1.165) is 83.6 Å². The van der Waals surface area contributed by atoms with E-state index in [9.17, 15) is 14.0 Å². The summed E-state index contributed by atoms with van der Waals surface area (Å²) >= 11 is 0. The lowest BCUT2D eigenvalue weighted by Crippen LogP contribution is -2.30. The Hall–Kier alpha value is -4.39. The highest BCUT2D eigenvalue weighted by Gasteiger charge is 2.23. The monoisotopic (exact) mass is 684 g/mol. The normalized spacial score (nSPS) is 16.9. The average molecular weight is 685 g/mol. The molecule has 6 rings (SSSR count). The molecule has 2 aromatic heterocycles. The van der Waals surface area contributed by atoms with E-state index >= 15 is 0 Å². The van der Waals surface area contributed by atoms with Crippen molar-refractivity contribution in [3.63, 3.8) is 0 Å². The Morgan fingerprint density at radius 1 is 1.00 bits per heavy atom. The third kappa shape index (κ3) is 8.66. The summed E-state index contributed by atoms with van der Waals surface area (Å²) in [5.74, 6) is -0.783. The topological polar surface area (TPSA) is 139 Å². The Balaban J connectivity index is 1.04. The molecule has 50 heavy (non-hydrogen) atoms. The first-order valence-corrected chi connectivity index (χ1v) is 17.9. The number of halogens is 1. The number of fused-ring (bicyclic) bond motifs is 1. The first-order valence-electron chi connectivity index (χ1n) is 17.9. The molecule has 11 nitrogen and oxygen atoms in total. The number of nitrogens with zero attached hydrogens (tertiary/aromatic N) is 4. The molecule has 4 heterocycles. The van der Waals surface area contributed by atoms with Gasteiger partial charge in [-0.15, -0.1) is 0 Å². The number of hydrogen-bond donors (Lipinski definition) is 4. The number of benzene rings is 2. The largest absolute Gasteiger partial charge is 0.381 e. The highest BCUT2D eigenvalue weighted by atomic mass is 19.1. The van der Waals surface area contributed by atoms with Crippen LogP contribution in [0.3, 0.4) is 0 Å². The number of nitrogens with one attached hydrogen (secondary N) is 3. The van der Waals surface area contributed by atoms with Crippen molar-refractivity contribution in [1.29, 1.82) is 0 Å². The summed E-state index contributed by atoms with van der Waals surface area (Å²) in [7, 11) is 0. The quantitative estimate of drug-likeness (QED) is 0.151. The summed E-state index contributed by atoms with van der Waals surface area (Å²) in [6.45, 7) is 9.35. The first kappa shape index (κ1) is 35.4. The Labute approximate surface area is 293 Å². The molecule has 2 fully saturated rings. The molecule has 2 aromatic carbocycles. The molecular formula is C38H49FN8O3. The summed E-state index contributed by atoms with van der Waals surface area (Å²) in [5.41, 5.74) is 12.9. The molecule has 2 saturated heterocycles. The van der Waals surface area contributed by atoms with E-state index in [2.05, 4.69) is 38.9 Å². The van der Waals surface area contributed by atoms with Gasteiger partial charge < -0.3 is 26.4 Å². The van der Waals surface area contributed by atoms with Gasteiger partial charge in [0.15, 0.2) is 5.65 Å². The van der Waals surface area contributed by atoms with Crippen molar-refractivity contribution in [2.45, 2.75) is 90.6 Å². The lowest BCUT2D eigenvalue weighted by Gasteiger charge is -2.26. The molecule has 1 atom stereocenters. The van der Waals surface area contributed by atoms with Crippen LogP contribution < -0.4 is 21.7 Å². The smallest absolute Gasteiger partial charge is 0.220 e. The maximum Gasteiger partial charge on any atom is 0.220 e. The molecule has 0 aliphatic carbocycles. The molecule has 266 valence electrons. The van der Waals surface area contributed by atoms with Crippen molar-refractivity contribution in [3.05, 3.63) is 76.9 Å². The third-order valence-electron chi connectivity index (χ3n) is 9.69. The van der Waals surface area contributed by atoms with E-state index in [4.69, 9.17) is 15.5 Å². The van der Waals surface area contributed by atoms with Gasteiger partial charge in [-0.25, -0.2) is 14.1 Å². The van der Waals surface area contributed by atoms with Crippen LogP contribution in [0.15, 0.2) is 48.7 Å². The van der Waals surface area contributed by atoms with Crippen molar-refractivity contribution in [3.8, 4) is 11.1 Å². The summed E-state index contributed by atoms with van der Waals surface area (Å²) in [6.07, 6.45) is 5.41. The fourth-order valence-electron chi connectivity index (χ4n) is 6.90. The van der Waals surface area contributed by atoms with E-state index in [1.54, 1.807) is 12.1 Å². The number of carbonyl (C=O) groups excluding carboxylic acids is 2. The second-order valence-electron chi connectivity index (χ2n) is 13.3. The number of hydrogen-bond acceptors (Lipinski definition) is 8. The molecular weight excluding hydrogens is 635 g/mol. The summed E-state index contributed by atoms with van der Waals surface area (Å²) in [4.78, 5) is 33.0. The van der Waals surface area contributed by atoms with Gasteiger partial charge >= 0.3 is 0 Å². The van der Waals surface area contributed by atoms with Crippen LogP contribution in [0.2, 0.25) is 0 Å². The van der Waals surface area contributed by atoms with Crippen LogP contribution in [0.4, 0.5) is 10.1 Å². The van der Waals surface area contributed by atoms with E-state index in [0.29, 0.717) is 38.3 Å². The molecule has 0 saturated carbocycles. The van der Waals surface area contributed by atoms with E-state index in [1.807, 2.05) is 36.0 Å². The number of anilines is 1. The van der Waals surface area contributed by atoms with Crippen molar-refractivity contribution in [2.24, 2.45) is 5.73 Å². The number of likely N-dealkylation sites (tertiary alicyclic amines) is 1. The average Bonchev–Trinajstić information content (AvgIpc) is 3.75. The number of rotatable bonds is 14. The molecule has 5 N–H and O–H groups in total.